The van der Waals surface area contributed by atoms with Crippen LogP contribution in [0.15, 0.2) is 23.3 Å². The van der Waals surface area contributed by atoms with Gasteiger partial charge in [0.25, 0.3) is 0 Å². The molecule has 1 aliphatic heterocycles. The number of hydrogen-bond donors (Lipinski definition) is 1. The van der Waals surface area contributed by atoms with Gasteiger partial charge in [0.05, 0.1) is 18.2 Å². The minimum absolute atomic E-state index is 0.169. The highest BCUT2D eigenvalue weighted by Gasteiger charge is 2.69. The van der Waals surface area contributed by atoms with E-state index in [2.05, 4.69) is 57.0 Å². The van der Waals surface area contributed by atoms with Crippen LogP contribution in [0.2, 0.25) is 0 Å². The van der Waals surface area contributed by atoms with Gasteiger partial charge in [0.2, 0.25) is 0 Å². The summed E-state index contributed by atoms with van der Waals surface area (Å²) in [6.07, 6.45) is 21.5. The molecule has 6 heteroatoms. The monoisotopic (exact) mass is 642 g/mol. The number of halogens is 1. The third kappa shape index (κ3) is 5.10. The molecule has 0 radical (unpaired) electrons. The van der Waals surface area contributed by atoms with Crippen LogP contribution in [0.5, 0.6) is 0 Å². The van der Waals surface area contributed by atoms with E-state index in [0.717, 1.165) is 50.1 Å². The second-order valence-electron chi connectivity index (χ2n) is 18.3. The molecule has 9 atom stereocenters. The zero-order chi connectivity index (χ0) is 31.9. The predicted octanol–water partition coefficient (Wildman–Crippen LogP) is 8.15. The average molecular weight is 643 g/mol. The second kappa shape index (κ2) is 11.4. The normalized spacial score (nSPS) is 47.5. The van der Waals surface area contributed by atoms with Crippen LogP contribution in [0.1, 0.15) is 118 Å². The second-order valence-corrected chi connectivity index (χ2v) is 20.6. The van der Waals surface area contributed by atoms with Crippen LogP contribution in [0, 0.1) is 51.2 Å². The van der Waals surface area contributed by atoms with E-state index in [0.29, 0.717) is 46.8 Å². The minimum atomic E-state index is -2.82. The molecule has 0 aromatic rings. The van der Waals surface area contributed by atoms with E-state index in [1.165, 1.54) is 64.2 Å². The van der Waals surface area contributed by atoms with Crippen LogP contribution in [0.25, 0.3) is 0 Å². The van der Waals surface area contributed by atoms with Gasteiger partial charge in [0.1, 0.15) is 0 Å². The third-order valence-corrected chi connectivity index (χ3v) is 18.0. The molecule has 1 N–H and O–H groups in total. The number of hydrogen-bond acceptors (Lipinski definition) is 4. The van der Waals surface area contributed by atoms with Crippen molar-refractivity contribution < 1.29 is 12.8 Å². The van der Waals surface area contributed by atoms with Gasteiger partial charge in [-0.3, -0.25) is 4.39 Å². The number of nitrogens with zero attached hydrogens (tertiary/aromatic N) is 1. The van der Waals surface area contributed by atoms with Gasteiger partial charge in [-0.25, -0.2) is 8.42 Å². The lowest BCUT2D eigenvalue weighted by molar-refractivity contribution is -0.218. The van der Waals surface area contributed by atoms with Gasteiger partial charge >= 0.3 is 0 Å². The molecule has 1 unspecified atom stereocenters. The molecule has 0 spiro atoms. The maximum Gasteiger partial charge on any atom is 0.152 e. The van der Waals surface area contributed by atoms with Crippen molar-refractivity contribution in [2.75, 3.05) is 44.4 Å². The number of fused-ring (bicyclic) bond motifs is 7. The molecule has 7 aliphatic rings. The number of nitrogens with one attached hydrogen (secondary N) is 1. The van der Waals surface area contributed by atoms with E-state index >= 15 is 0 Å². The lowest BCUT2D eigenvalue weighted by Crippen LogP contribution is -2.67. The molecule has 45 heavy (non-hydrogen) atoms. The topological polar surface area (TPSA) is 49.4 Å². The summed E-state index contributed by atoms with van der Waals surface area (Å²) >= 11 is 0. The molecule has 254 valence electrons. The highest BCUT2D eigenvalue weighted by atomic mass is 32.2. The van der Waals surface area contributed by atoms with Crippen molar-refractivity contribution in [2.45, 2.75) is 124 Å². The standard InChI is InChI=1S/C39H63FN2O2S/c1-35(2)30(29-10-8-28(27-40)9-11-29)14-17-36(3)33(35)15-18-38(5)34(36)13-12-31-32-7-6-16-39(32,20-19-37(31,38)4)41-21-22-42-23-25-45(43,44)26-24-42/h10,14,28,31-34,41H,6-9,11-13,15-27H2,1-5H3/t28-,31+,32+,33?,34+,36-,37+,38+,39-/m0/s1. The van der Waals surface area contributed by atoms with Gasteiger partial charge in [-0.15, -0.1) is 0 Å². The predicted molar refractivity (Wildman–Crippen MR) is 184 cm³/mol. The summed E-state index contributed by atoms with van der Waals surface area (Å²) in [6, 6.07) is 0. The van der Waals surface area contributed by atoms with Crippen molar-refractivity contribution in [3.05, 3.63) is 23.3 Å². The van der Waals surface area contributed by atoms with Crippen molar-refractivity contribution in [1.29, 1.82) is 0 Å². The quantitative estimate of drug-likeness (QED) is 0.318. The van der Waals surface area contributed by atoms with Crippen LogP contribution in [0.3, 0.4) is 0 Å². The van der Waals surface area contributed by atoms with Gasteiger partial charge in [-0.05, 0) is 139 Å². The Morgan fingerprint density at radius 3 is 2.36 bits per heavy atom. The summed E-state index contributed by atoms with van der Waals surface area (Å²) in [7, 11) is -2.82. The smallest absolute Gasteiger partial charge is 0.152 e. The highest BCUT2D eigenvalue weighted by Crippen LogP contribution is 2.76. The zero-order valence-corrected chi connectivity index (χ0v) is 30.1. The Labute approximate surface area is 274 Å². The number of rotatable bonds is 6. The average Bonchev–Trinajstić information content (AvgIpc) is 3.42. The Hall–Kier alpha value is -0.720. The van der Waals surface area contributed by atoms with Crippen LogP contribution in [0.4, 0.5) is 4.39 Å². The van der Waals surface area contributed by atoms with Crippen molar-refractivity contribution in [3.8, 4) is 0 Å². The molecular formula is C39H63FN2O2S. The third-order valence-electron chi connectivity index (χ3n) is 16.4. The molecular weight excluding hydrogens is 580 g/mol. The Morgan fingerprint density at radius 1 is 0.867 bits per heavy atom. The summed E-state index contributed by atoms with van der Waals surface area (Å²) in [5.74, 6) is 3.96. The maximum absolute atomic E-state index is 13.4. The Morgan fingerprint density at radius 2 is 1.64 bits per heavy atom. The number of allylic oxidation sites excluding steroid dienone is 4. The van der Waals surface area contributed by atoms with Crippen molar-refractivity contribution in [3.63, 3.8) is 0 Å². The summed E-state index contributed by atoms with van der Waals surface area (Å²) in [5, 5.41) is 4.18. The first kappa shape index (κ1) is 32.8. The molecule has 4 nitrogen and oxygen atoms in total. The first-order valence-corrected chi connectivity index (χ1v) is 20.7. The minimum Gasteiger partial charge on any atom is -0.310 e. The molecule has 7 rings (SSSR count). The molecule has 0 aromatic heterocycles. The number of sulfone groups is 1. The molecule has 1 heterocycles. The molecule has 0 bridgehead atoms. The first-order valence-electron chi connectivity index (χ1n) is 18.9. The fourth-order valence-electron chi connectivity index (χ4n) is 13.7. The van der Waals surface area contributed by atoms with Gasteiger partial charge in [0.15, 0.2) is 9.84 Å². The Balaban J connectivity index is 1.09. The van der Waals surface area contributed by atoms with E-state index in [1.807, 2.05) is 0 Å². The largest absolute Gasteiger partial charge is 0.310 e. The molecule has 1 saturated heterocycles. The van der Waals surface area contributed by atoms with Crippen LogP contribution in [-0.4, -0.2) is 63.2 Å². The molecule has 0 amide bonds. The van der Waals surface area contributed by atoms with E-state index in [9.17, 15) is 12.8 Å². The van der Waals surface area contributed by atoms with E-state index in [1.54, 1.807) is 11.1 Å². The highest BCUT2D eigenvalue weighted by molar-refractivity contribution is 7.91. The lowest BCUT2D eigenvalue weighted by Gasteiger charge is -2.72. The van der Waals surface area contributed by atoms with E-state index < -0.39 is 9.84 Å². The number of alkyl halides is 1. The van der Waals surface area contributed by atoms with Gasteiger partial charge < -0.3 is 10.2 Å². The summed E-state index contributed by atoms with van der Waals surface area (Å²) < 4.78 is 37.2. The van der Waals surface area contributed by atoms with Crippen LogP contribution < -0.4 is 5.32 Å². The fourth-order valence-corrected chi connectivity index (χ4v) is 15.0. The summed E-state index contributed by atoms with van der Waals surface area (Å²) in [4.78, 5) is 2.37. The SMILES string of the molecule is CC1(C)C(C2=CC[C@H](CF)CC2)=CC[C@@]2(C)C1CC[C@]1(C)[C@@H]2CC[C@@H]2[C@H]3CCC[C@]3(NCCN3CCS(=O)(=O)CC3)CC[C@]21C. The summed E-state index contributed by atoms with van der Waals surface area (Å²) in [5.41, 5.74) is 4.73. The molecule has 5 fully saturated rings. The molecule has 6 aliphatic carbocycles. The zero-order valence-electron chi connectivity index (χ0n) is 29.2. The van der Waals surface area contributed by atoms with Gasteiger partial charge in [-0.1, -0.05) is 53.2 Å². The van der Waals surface area contributed by atoms with E-state index in [4.69, 9.17) is 0 Å². The fraction of sp³-hybridized carbons (Fsp3) is 0.897. The molecule has 4 saturated carbocycles. The first-order chi connectivity index (χ1) is 21.3. The molecule has 0 aromatic carbocycles. The van der Waals surface area contributed by atoms with E-state index in [-0.39, 0.29) is 23.5 Å². The summed E-state index contributed by atoms with van der Waals surface area (Å²) in [6.45, 7) is 16.5. The maximum atomic E-state index is 13.4. The van der Waals surface area contributed by atoms with Gasteiger partial charge in [0, 0.05) is 31.7 Å². The Kier molecular flexibility index (Phi) is 8.33. The van der Waals surface area contributed by atoms with Crippen molar-refractivity contribution in [2.24, 2.45) is 51.2 Å². The Bertz CT molecular complexity index is 1310. The van der Waals surface area contributed by atoms with Crippen molar-refractivity contribution in [1.82, 2.24) is 10.2 Å². The lowest BCUT2D eigenvalue weighted by atomic mass is 9.33. The van der Waals surface area contributed by atoms with Crippen LogP contribution >= 0.6 is 0 Å². The van der Waals surface area contributed by atoms with Gasteiger partial charge in [-0.2, -0.15) is 0 Å². The van der Waals surface area contributed by atoms with Crippen LogP contribution in [-0.2, 0) is 9.84 Å². The van der Waals surface area contributed by atoms with Crippen molar-refractivity contribution >= 4 is 9.84 Å².